The number of carbonyl (C=O) groups excluding carboxylic acids is 3. The number of ketones is 2. The van der Waals surface area contributed by atoms with E-state index >= 15 is 0 Å². The summed E-state index contributed by atoms with van der Waals surface area (Å²) < 4.78 is 5.19. The lowest BCUT2D eigenvalue weighted by Gasteiger charge is -2.11. The van der Waals surface area contributed by atoms with Crippen LogP contribution in [0.3, 0.4) is 0 Å². The first kappa shape index (κ1) is 19.2. The Morgan fingerprint density at radius 2 is 1.35 bits per heavy atom. The average Bonchev–Trinajstić information content (AvgIpc) is 3.48. The molecular weight excluding hydrogens is 390 g/mol. The predicted molar refractivity (Wildman–Crippen MR) is 117 cm³/mol. The first-order chi connectivity index (χ1) is 15.0. The van der Waals surface area contributed by atoms with Gasteiger partial charge in [-0.2, -0.15) is 0 Å². The Kier molecular flexibility index (Phi) is 4.29. The molecule has 31 heavy (non-hydrogen) atoms. The number of rotatable bonds is 5. The molecule has 5 rings (SSSR count). The van der Waals surface area contributed by atoms with Crippen LogP contribution in [0.25, 0.3) is 0 Å². The van der Waals surface area contributed by atoms with E-state index in [1.165, 1.54) is 0 Å². The van der Waals surface area contributed by atoms with E-state index in [0.717, 1.165) is 11.3 Å². The lowest BCUT2D eigenvalue weighted by atomic mass is 9.90. The van der Waals surface area contributed by atoms with Crippen molar-refractivity contribution in [1.29, 1.82) is 0 Å². The van der Waals surface area contributed by atoms with E-state index in [4.69, 9.17) is 4.74 Å². The van der Waals surface area contributed by atoms with Crippen molar-refractivity contribution >= 4 is 23.2 Å². The molecule has 0 saturated heterocycles. The monoisotopic (exact) mass is 411 g/mol. The molecule has 0 radical (unpaired) electrons. The van der Waals surface area contributed by atoms with Crippen LogP contribution >= 0.6 is 0 Å². The summed E-state index contributed by atoms with van der Waals surface area (Å²) in [5, 5.41) is 0. The van der Waals surface area contributed by atoms with Crippen LogP contribution in [0.5, 0.6) is 5.75 Å². The molecule has 0 N–H and O–H groups in total. The second-order valence-electron chi connectivity index (χ2n) is 8.03. The van der Waals surface area contributed by atoms with Gasteiger partial charge in [0.25, 0.3) is 0 Å². The number of carbonyl (C=O) groups is 3. The molecule has 3 aromatic carbocycles. The van der Waals surface area contributed by atoms with E-state index in [2.05, 4.69) is 0 Å². The summed E-state index contributed by atoms with van der Waals surface area (Å²) in [5.74, 6) is -1.41. The molecule has 1 amide bonds. The summed E-state index contributed by atoms with van der Waals surface area (Å²) in [6.45, 7) is 0. The van der Waals surface area contributed by atoms with Gasteiger partial charge >= 0.3 is 0 Å². The number of fused-ring (bicyclic) bond motifs is 2. The van der Waals surface area contributed by atoms with Crippen molar-refractivity contribution in [3.8, 4) is 5.75 Å². The molecule has 0 unspecified atom stereocenters. The zero-order valence-electron chi connectivity index (χ0n) is 17.2. The highest BCUT2D eigenvalue weighted by atomic mass is 16.5. The van der Waals surface area contributed by atoms with Crippen LogP contribution in [0.2, 0.25) is 0 Å². The molecule has 0 bridgehead atoms. The molecule has 1 aliphatic heterocycles. The fourth-order valence-electron chi connectivity index (χ4n) is 5.04. The molecule has 1 saturated carbocycles. The van der Waals surface area contributed by atoms with Crippen molar-refractivity contribution in [3.05, 3.63) is 95.6 Å². The van der Waals surface area contributed by atoms with E-state index in [0.29, 0.717) is 16.9 Å². The number of para-hydroxylation sites is 1. The number of amides is 1. The molecule has 5 nitrogen and oxygen atoms in total. The number of ether oxygens (including phenoxy) is 1. The van der Waals surface area contributed by atoms with Gasteiger partial charge in [0.15, 0.2) is 11.6 Å². The maximum absolute atomic E-state index is 13.6. The molecule has 1 spiro atoms. The standard InChI is InChI=1S/C26H21NO4/c1-27-20-11-7-6-10-19(20)26(25(27)30)21(23(28)16-8-4-3-5-9-16)22(26)24(29)17-12-14-18(31-2)15-13-17/h3-15,21-22H,1-2H3/t21-,22-,26+/m1/s1. The Labute approximate surface area is 180 Å². The van der Waals surface area contributed by atoms with Gasteiger partial charge in [0.2, 0.25) is 5.91 Å². The smallest absolute Gasteiger partial charge is 0.239 e. The Balaban J connectivity index is 1.64. The van der Waals surface area contributed by atoms with Crippen LogP contribution in [0.15, 0.2) is 78.9 Å². The Hall–Kier alpha value is -3.73. The highest BCUT2D eigenvalue weighted by Crippen LogP contribution is 2.67. The quantitative estimate of drug-likeness (QED) is 0.597. The second kappa shape index (κ2) is 6.91. The lowest BCUT2D eigenvalue weighted by molar-refractivity contribution is -0.120. The third kappa shape index (κ3) is 2.59. The molecule has 1 aliphatic carbocycles. The summed E-state index contributed by atoms with van der Waals surface area (Å²) in [6, 6.07) is 23.1. The average molecular weight is 411 g/mol. The van der Waals surface area contributed by atoms with Gasteiger partial charge in [-0.3, -0.25) is 14.4 Å². The fourth-order valence-corrected chi connectivity index (χ4v) is 5.04. The van der Waals surface area contributed by atoms with E-state index in [-0.39, 0.29) is 17.5 Å². The topological polar surface area (TPSA) is 63.7 Å². The van der Waals surface area contributed by atoms with Crippen molar-refractivity contribution in [3.63, 3.8) is 0 Å². The number of methoxy groups -OCH3 is 1. The molecule has 1 fully saturated rings. The van der Waals surface area contributed by atoms with Gasteiger partial charge in [-0.1, -0.05) is 48.5 Å². The first-order valence-corrected chi connectivity index (χ1v) is 10.2. The minimum absolute atomic E-state index is 0.175. The third-order valence-electron chi connectivity index (χ3n) is 6.57. The second-order valence-corrected chi connectivity index (χ2v) is 8.03. The van der Waals surface area contributed by atoms with Crippen LogP contribution in [0.1, 0.15) is 26.3 Å². The molecular formula is C26H21NO4. The van der Waals surface area contributed by atoms with E-state index in [9.17, 15) is 14.4 Å². The lowest BCUT2D eigenvalue weighted by Crippen LogP contribution is -2.32. The van der Waals surface area contributed by atoms with Gasteiger partial charge in [0.05, 0.1) is 24.4 Å². The van der Waals surface area contributed by atoms with Crippen LogP contribution < -0.4 is 9.64 Å². The third-order valence-corrected chi connectivity index (χ3v) is 6.57. The van der Waals surface area contributed by atoms with E-state index < -0.39 is 17.3 Å². The zero-order valence-corrected chi connectivity index (χ0v) is 17.2. The summed E-state index contributed by atoms with van der Waals surface area (Å²) >= 11 is 0. The summed E-state index contributed by atoms with van der Waals surface area (Å²) in [7, 11) is 3.26. The van der Waals surface area contributed by atoms with Crippen molar-refractivity contribution in [1.82, 2.24) is 0 Å². The van der Waals surface area contributed by atoms with Gasteiger partial charge < -0.3 is 9.64 Å². The largest absolute Gasteiger partial charge is 0.497 e. The van der Waals surface area contributed by atoms with Crippen molar-refractivity contribution in [2.24, 2.45) is 11.8 Å². The van der Waals surface area contributed by atoms with Crippen LogP contribution in [-0.2, 0) is 10.2 Å². The highest BCUT2D eigenvalue weighted by molar-refractivity contribution is 6.23. The van der Waals surface area contributed by atoms with Crippen LogP contribution in [0, 0.1) is 11.8 Å². The van der Waals surface area contributed by atoms with Gasteiger partial charge in [-0.05, 0) is 35.9 Å². The number of hydrogen-bond donors (Lipinski definition) is 0. The van der Waals surface area contributed by atoms with Gasteiger partial charge in [0.1, 0.15) is 5.75 Å². The van der Waals surface area contributed by atoms with Crippen molar-refractivity contribution in [2.75, 3.05) is 19.1 Å². The molecule has 1 heterocycles. The molecule has 154 valence electrons. The normalized spacial score (nSPS) is 23.5. The zero-order chi connectivity index (χ0) is 21.8. The van der Waals surface area contributed by atoms with Gasteiger partial charge in [0, 0.05) is 23.9 Å². The number of nitrogens with zero attached hydrogens (tertiary/aromatic N) is 1. The fraction of sp³-hybridized carbons (Fsp3) is 0.192. The maximum atomic E-state index is 13.6. The molecule has 2 aliphatic rings. The van der Waals surface area contributed by atoms with Crippen LogP contribution in [0.4, 0.5) is 5.69 Å². The number of benzene rings is 3. The van der Waals surface area contributed by atoms with Gasteiger partial charge in [-0.15, -0.1) is 0 Å². The number of Topliss-reactive ketones (excluding diaryl/α,β-unsaturated/α-hetero) is 2. The predicted octanol–water partition coefficient (Wildman–Crippen LogP) is 3.92. The van der Waals surface area contributed by atoms with Crippen molar-refractivity contribution < 1.29 is 19.1 Å². The Morgan fingerprint density at radius 3 is 1.97 bits per heavy atom. The summed E-state index contributed by atoms with van der Waals surface area (Å²) in [5.41, 5.74) is 1.33. The van der Waals surface area contributed by atoms with Crippen molar-refractivity contribution in [2.45, 2.75) is 5.41 Å². The number of likely N-dealkylation sites (N-methyl/N-ethyl adjacent to an activating group) is 1. The number of anilines is 1. The molecule has 3 atom stereocenters. The van der Waals surface area contributed by atoms with Gasteiger partial charge in [-0.25, -0.2) is 0 Å². The summed E-state index contributed by atoms with van der Waals surface area (Å²) in [4.78, 5) is 42.3. The first-order valence-electron chi connectivity index (χ1n) is 10.2. The SMILES string of the molecule is COc1ccc(C(=O)[C@H]2[C@H](C(=O)c3ccccc3)[C@]23C(=O)N(C)c2ccccc23)cc1. The minimum atomic E-state index is -1.16. The molecule has 0 aromatic heterocycles. The van der Waals surface area contributed by atoms with E-state index in [1.54, 1.807) is 67.6 Å². The minimum Gasteiger partial charge on any atom is -0.497 e. The number of hydrogen-bond acceptors (Lipinski definition) is 4. The summed E-state index contributed by atoms with van der Waals surface area (Å²) in [6.07, 6.45) is 0. The highest BCUT2D eigenvalue weighted by Gasteiger charge is 2.78. The van der Waals surface area contributed by atoms with Crippen LogP contribution in [-0.4, -0.2) is 31.6 Å². The maximum Gasteiger partial charge on any atom is 0.239 e. The van der Waals surface area contributed by atoms with E-state index in [1.807, 2.05) is 30.3 Å². The molecule has 5 heteroatoms. The Bertz CT molecular complexity index is 1200. The Morgan fingerprint density at radius 1 is 0.806 bits per heavy atom. The molecule has 3 aromatic rings.